The molecule has 0 radical (unpaired) electrons. The molecule has 2 bridgehead atoms. The highest BCUT2D eigenvalue weighted by Crippen LogP contribution is 2.57. The number of nitrogens with one attached hydrogen (secondary N) is 2. The van der Waals surface area contributed by atoms with Crippen molar-refractivity contribution < 1.29 is 19.5 Å². The van der Waals surface area contributed by atoms with E-state index in [-0.39, 0.29) is 17.7 Å². The van der Waals surface area contributed by atoms with Crippen molar-refractivity contribution in [2.45, 2.75) is 52.9 Å². The van der Waals surface area contributed by atoms with Crippen molar-refractivity contribution in [3.63, 3.8) is 0 Å². The lowest BCUT2D eigenvalue weighted by molar-refractivity contribution is -0.149. The third-order valence-corrected chi connectivity index (χ3v) is 8.00. The number of thiophene rings is 1. The fourth-order valence-corrected chi connectivity index (χ4v) is 6.99. The Hall–Kier alpha value is -2.15. The minimum absolute atomic E-state index is 0.0432. The summed E-state index contributed by atoms with van der Waals surface area (Å²) in [5.74, 6) is -2.47. The van der Waals surface area contributed by atoms with E-state index >= 15 is 0 Å². The molecular formula is C22H28N2O4S. The Kier molecular flexibility index (Phi) is 5.27. The number of rotatable bonds is 3. The average Bonchev–Trinajstić information content (AvgIpc) is 3.36. The van der Waals surface area contributed by atoms with E-state index in [4.69, 9.17) is 0 Å². The van der Waals surface area contributed by atoms with E-state index in [2.05, 4.69) is 17.8 Å². The third kappa shape index (κ3) is 3.39. The highest BCUT2D eigenvalue weighted by molar-refractivity contribution is 7.10. The van der Waals surface area contributed by atoms with Gasteiger partial charge in [-0.05, 0) is 69.3 Å². The lowest BCUT2D eigenvalue weighted by Gasteiger charge is -2.26. The minimum atomic E-state index is -0.927. The van der Waals surface area contributed by atoms with E-state index in [1.807, 2.05) is 19.2 Å². The number of hydrogen-bond donors (Lipinski definition) is 3. The second-order valence-electron chi connectivity index (χ2n) is 8.98. The number of carboxylic acids is 1. The average molecular weight is 417 g/mol. The first-order valence-electron chi connectivity index (χ1n) is 10.4. The maximum absolute atomic E-state index is 12.9. The number of carbonyl (C=O) groups is 3. The second kappa shape index (κ2) is 7.59. The van der Waals surface area contributed by atoms with Crippen LogP contribution in [-0.2, 0) is 22.4 Å². The van der Waals surface area contributed by atoms with E-state index in [9.17, 15) is 19.5 Å². The van der Waals surface area contributed by atoms with Crippen molar-refractivity contribution in [2.75, 3.05) is 0 Å². The number of hydrogen-bond acceptors (Lipinski definition) is 4. The summed E-state index contributed by atoms with van der Waals surface area (Å²) < 4.78 is 0. The lowest BCUT2D eigenvalue weighted by atomic mass is 9.79. The largest absolute Gasteiger partial charge is 0.481 e. The number of carboxylic acid groups (broad SMARTS) is 1. The molecule has 5 atom stereocenters. The summed E-state index contributed by atoms with van der Waals surface area (Å²) >= 11 is 1.60. The van der Waals surface area contributed by atoms with Crippen molar-refractivity contribution >= 4 is 29.1 Å². The molecule has 0 aliphatic heterocycles. The Balaban J connectivity index is 1.47. The maximum atomic E-state index is 12.9. The Morgan fingerprint density at radius 2 is 1.76 bits per heavy atom. The molecule has 2 fully saturated rings. The van der Waals surface area contributed by atoms with E-state index in [0.717, 1.165) is 48.8 Å². The molecular weight excluding hydrogens is 388 g/mol. The quantitative estimate of drug-likeness (QED) is 0.520. The highest BCUT2D eigenvalue weighted by atomic mass is 32.1. The molecule has 2 saturated carbocycles. The normalized spacial score (nSPS) is 30.0. The molecule has 4 rings (SSSR count). The van der Waals surface area contributed by atoms with Crippen molar-refractivity contribution in [1.29, 1.82) is 0 Å². The molecule has 1 heterocycles. The zero-order chi connectivity index (χ0) is 20.9. The van der Waals surface area contributed by atoms with Crippen LogP contribution < -0.4 is 10.9 Å². The number of amides is 2. The van der Waals surface area contributed by atoms with E-state index in [0.29, 0.717) is 11.5 Å². The Bertz CT molecular complexity index is 899. The predicted octanol–water partition coefficient (Wildman–Crippen LogP) is 3.33. The van der Waals surface area contributed by atoms with Crippen molar-refractivity contribution in [1.82, 2.24) is 10.9 Å². The van der Waals surface area contributed by atoms with Crippen LogP contribution in [0.15, 0.2) is 16.5 Å². The van der Waals surface area contributed by atoms with E-state index < -0.39 is 23.7 Å². The monoisotopic (exact) mass is 416 g/mol. The first-order chi connectivity index (χ1) is 13.8. The van der Waals surface area contributed by atoms with Gasteiger partial charge in [-0.15, -0.1) is 11.3 Å². The zero-order valence-corrected chi connectivity index (χ0v) is 17.9. The summed E-state index contributed by atoms with van der Waals surface area (Å²) in [7, 11) is 0. The number of carbonyl (C=O) groups excluding carboxylic acids is 2. The molecule has 5 unspecified atom stereocenters. The second-order valence-corrected chi connectivity index (χ2v) is 9.94. The van der Waals surface area contributed by atoms with Crippen molar-refractivity contribution in [2.24, 2.45) is 29.6 Å². The fraction of sp³-hybridized carbons (Fsp3) is 0.591. The van der Waals surface area contributed by atoms with Gasteiger partial charge in [0.2, 0.25) is 5.91 Å². The standard InChI is InChI=1S/C22H28N2O4S/c1-10(2)17-13-6-7-14(17)19(22(27)28)18(13)21(26)24-23-20(25)15-9-29-16-8-11(3)4-5-12(15)16/h9,11,13-14,18-19H,4-8H2,1-3H3,(H,23,25)(H,24,26)(H,27,28). The van der Waals surface area contributed by atoms with Gasteiger partial charge in [0.05, 0.1) is 17.4 Å². The summed E-state index contributed by atoms with van der Waals surface area (Å²) in [5, 5.41) is 11.6. The first kappa shape index (κ1) is 20.1. The van der Waals surface area contributed by atoms with Crippen LogP contribution >= 0.6 is 11.3 Å². The van der Waals surface area contributed by atoms with Gasteiger partial charge in [0.1, 0.15) is 0 Å². The maximum Gasteiger partial charge on any atom is 0.307 e. The first-order valence-corrected chi connectivity index (χ1v) is 11.3. The molecule has 3 aliphatic rings. The van der Waals surface area contributed by atoms with Gasteiger partial charge >= 0.3 is 5.97 Å². The van der Waals surface area contributed by atoms with Crippen LogP contribution in [0.4, 0.5) is 0 Å². The molecule has 0 spiro atoms. The summed E-state index contributed by atoms with van der Waals surface area (Å²) in [5.41, 5.74) is 9.05. The van der Waals surface area contributed by atoms with Gasteiger partial charge in [0.15, 0.2) is 0 Å². The molecule has 3 N–H and O–H groups in total. The van der Waals surface area contributed by atoms with Crippen molar-refractivity contribution in [3.05, 3.63) is 32.5 Å². The number of fused-ring (bicyclic) bond motifs is 3. The van der Waals surface area contributed by atoms with Crippen LogP contribution in [0, 0.1) is 29.6 Å². The molecule has 6 nitrogen and oxygen atoms in total. The predicted molar refractivity (Wildman–Crippen MR) is 110 cm³/mol. The molecule has 0 saturated heterocycles. The SMILES string of the molecule is CC(C)=C1C2CCC1C(C(=O)NNC(=O)c1csc3c1CCC(C)C3)C2C(=O)O. The molecule has 1 aromatic heterocycles. The minimum Gasteiger partial charge on any atom is -0.481 e. The number of aliphatic carboxylic acids is 1. The van der Waals surface area contributed by atoms with Gasteiger partial charge < -0.3 is 5.11 Å². The number of allylic oxidation sites excluding steroid dienone is 2. The molecule has 29 heavy (non-hydrogen) atoms. The Morgan fingerprint density at radius 1 is 1.07 bits per heavy atom. The van der Waals surface area contributed by atoms with E-state index in [1.54, 1.807) is 11.3 Å². The molecule has 0 aromatic carbocycles. The van der Waals surface area contributed by atoms with Gasteiger partial charge in [0.25, 0.3) is 5.91 Å². The summed E-state index contributed by atoms with van der Waals surface area (Å²) in [6, 6.07) is 0. The number of hydrazine groups is 1. The molecule has 7 heteroatoms. The summed E-state index contributed by atoms with van der Waals surface area (Å²) in [6.45, 7) is 6.20. The van der Waals surface area contributed by atoms with Crippen LogP contribution in [0.3, 0.4) is 0 Å². The van der Waals surface area contributed by atoms with Crippen LogP contribution in [0.2, 0.25) is 0 Å². The summed E-state index contributed by atoms with van der Waals surface area (Å²) in [6.07, 6.45) is 4.59. The third-order valence-electron chi connectivity index (χ3n) is 6.95. The van der Waals surface area contributed by atoms with E-state index in [1.165, 1.54) is 4.88 Å². The molecule has 156 valence electrons. The molecule has 3 aliphatic carbocycles. The molecule has 1 aromatic rings. The van der Waals surface area contributed by atoms with Crippen LogP contribution in [-0.4, -0.2) is 22.9 Å². The van der Waals surface area contributed by atoms with Crippen LogP contribution in [0.5, 0.6) is 0 Å². The Labute approximate surface area is 174 Å². The molecule has 2 amide bonds. The summed E-state index contributed by atoms with van der Waals surface area (Å²) in [4.78, 5) is 38.8. The van der Waals surface area contributed by atoms with Crippen LogP contribution in [0.1, 0.15) is 60.8 Å². The fourth-order valence-electron chi connectivity index (χ4n) is 5.74. The van der Waals surface area contributed by atoms with Gasteiger partial charge in [-0.2, -0.15) is 0 Å². The van der Waals surface area contributed by atoms with Gasteiger partial charge in [-0.3, -0.25) is 25.2 Å². The topological polar surface area (TPSA) is 95.5 Å². The highest BCUT2D eigenvalue weighted by Gasteiger charge is 2.57. The Morgan fingerprint density at radius 3 is 2.41 bits per heavy atom. The smallest absolute Gasteiger partial charge is 0.307 e. The van der Waals surface area contributed by atoms with Gasteiger partial charge in [0, 0.05) is 10.3 Å². The van der Waals surface area contributed by atoms with Gasteiger partial charge in [-0.25, -0.2) is 0 Å². The lowest BCUT2D eigenvalue weighted by Crippen LogP contribution is -2.48. The zero-order valence-electron chi connectivity index (χ0n) is 17.1. The van der Waals surface area contributed by atoms with Crippen molar-refractivity contribution in [3.8, 4) is 0 Å². The van der Waals surface area contributed by atoms with Crippen LogP contribution in [0.25, 0.3) is 0 Å². The van der Waals surface area contributed by atoms with Gasteiger partial charge in [-0.1, -0.05) is 18.1 Å².